The zero-order chi connectivity index (χ0) is 18.7. The molecule has 1 atom stereocenters. The average Bonchev–Trinajstić information content (AvgIpc) is 2.99. The van der Waals surface area contributed by atoms with E-state index in [-0.39, 0.29) is 5.76 Å². The number of ether oxygens (including phenoxy) is 1. The van der Waals surface area contributed by atoms with Crippen LogP contribution in [-0.4, -0.2) is 23.5 Å². The first kappa shape index (κ1) is 18.0. The summed E-state index contributed by atoms with van der Waals surface area (Å²) < 4.78 is 10.9. The van der Waals surface area contributed by atoms with Gasteiger partial charge in [0.25, 0.3) is 5.91 Å². The molecular formula is C20H22N2O4. The van der Waals surface area contributed by atoms with E-state index in [1.807, 2.05) is 18.2 Å². The largest absolute Gasteiger partial charge is 0.449 e. The lowest BCUT2D eigenvalue weighted by molar-refractivity contribution is -0.130. The Morgan fingerprint density at radius 3 is 2.62 bits per heavy atom. The van der Waals surface area contributed by atoms with E-state index in [9.17, 15) is 14.9 Å². The molecule has 3 rings (SSSR count). The Hall–Kier alpha value is -2.81. The minimum atomic E-state index is -1.01. The molecule has 136 valence electrons. The zero-order valence-corrected chi connectivity index (χ0v) is 15.0. The van der Waals surface area contributed by atoms with Crippen LogP contribution in [0.1, 0.15) is 55.1 Å². The van der Waals surface area contributed by atoms with Crippen LogP contribution in [0.2, 0.25) is 0 Å². The molecule has 1 amide bonds. The number of furan rings is 1. The number of nitriles is 1. The minimum Gasteiger partial charge on any atom is -0.449 e. The van der Waals surface area contributed by atoms with Gasteiger partial charge in [0.1, 0.15) is 11.1 Å². The van der Waals surface area contributed by atoms with Crippen LogP contribution >= 0.6 is 0 Å². The predicted octanol–water partition coefficient (Wildman–Crippen LogP) is 3.63. The SMILES string of the molecule is Cc1c(C(=O)OC(C)C(=O)NC2(C#N)CCCCC2)oc2ccccc12. The lowest BCUT2D eigenvalue weighted by atomic mass is 9.83. The number of rotatable bonds is 4. The van der Waals surface area contributed by atoms with Gasteiger partial charge in [-0.15, -0.1) is 0 Å². The van der Waals surface area contributed by atoms with Gasteiger partial charge in [-0.25, -0.2) is 4.79 Å². The number of aryl methyl sites for hydroxylation is 1. The second-order valence-corrected chi connectivity index (χ2v) is 6.84. The maximum atomic E-state index is 12.4. The van der Waals surface area contributed by atoms with Crippen molar-refractivity contribution >= 4 is 22.8 Å². The third-order valence-electron chi connectivity index (χ3n) is 4.97. The fraction of sp³-hybridized carbons (Fsp3) is 0.450. The van der Waals surface area contributed by atoms with Crippen LogP contribution in [0.25, 0.3) is 11.0 Å². The van der Waals surface area contributed by atoms with Crippen molar-refractivity contribution in [3.8, 4) is 6.07 Å². The monoisotopic (exact) mass is 354 g/mol. The Kier molecular flexibility index (Phi) is 4.99. The Bertz CT molecular complexity index is 872. The number of carbonyl (C=O) groups excluding carboxylic acids is 2. The van der Waals surface area contributed by atoms with Gasteiger partial charge in [-0.2, -0.15) is 5.26 Å². The second-order valence-electron chi connectivity index (χ2n) is 6.84. The molecule has 6 heteroatoms. The minimum absolute atomic E-state index is 0.0958. The molecule has 1 aliphatic rings. The van der Waals surface area contributed by atoms with Gasteiger partial charge in [0.2, 0.25) is 5.76 Å². The number of amides is 1. The molecule has 0 saturated heterocycles. The van der Waals surface area contributed by atoms with Crippen LogP contribution in [0, 0.1) is 18.3 Å². The lowest BCUT2D eigenvalue weighted by Crippen LogP contribution is -2.52. The zero-order valence-electron chi connectivity index (χ0n) is 15.0. The number of fused-ring (bicyclic) bond motifs is 1. The maximum absolute atomic E-state index is 12.4. The number of hydrogen-bond donors (Lipinski definition) is 1. The molecule has 2 aromatic rings. The highest BCUT2D eigenvalue weighted by Gasteiger charge is 2.35. The van der Waals surface area contributed by atoms with Crippen molar-refractivity contribution < 1.29 is 18.7 Å². The van der Waals surface area contributed by atoms with E-state index >= 15 is 0 Å². The maximum Gasteiger partial charge on any atom is 0.375 e. The van der Waals surface area contributed by atoms with Crippen LogP contribution in [0.5, 0.6) is 0 Å². The summed E-state index contributed by atoms with van der Waals surface area (Å²) >= 11 is 0. The summed E-state index contributed by atoms with van der Waals surface area (Å²) in [5.74, 6) is -1.05. The van der Waals surface area contributed by atoms with E-state index in [2.05, 4.69) is 11.4 Å². The summed E-state index contributed by atoms with van der Waals surface area (Å²) in [7, 11) is 0. The van der Waals surface area contributed by atoms with Gasteiger partial charge in [0, 0.05) is 10.9 Å². The van der Waals surface area contributed by atoms with Crippen molar-refractivity contribution in [2.45, 2.75) is 57.6 Å². The average molecular weight is 354 g/mol. The lowest BCUT2D eigenvalue weighted by Gasteiger charge is -2.32. The molecule has 0 radical (unpaired) electrons. The summed E-state index contributed by atoms with van der Waals surface area (Å²) in [4.78, 5) is 24.9. The third-order valence-corrected chi connectivity index (χ3v) is 4.97. The van der Waals surface area contributed by atoms with E-state index in [4.69, 9.17) is 9.15 Å². The molecule has 1 saturated carbocycles. The summed E-state index contributed by atoms with van der Waals surface area (Å²) in [6.07, 6.45) is 3.11. The smallest absolute Gasteiger partial charge is 0.375 e. The molecule has 1 unspecified atom stereocenters. The molecule has 1 heterocycles. The number of hydrogen-bond acceptors (Lipinski definition) is 5. The highest BCUT2D eigenvalue weighted by molar-refractivity contribution is 5.97. The first-order valence-electron chi connectivity index (χ1n) is 8.88. The number of para-hydroxylation sites is 1. The van der Waals surface area contributed by atoms with Gasteiger partial charge in [-0.05, 0) is 32.8 Å². The molecule has 0 bridgehead atoms. The second kappa shape index (κ2) is 7.20. The fourth-order valence-electron chi connectivity index (χ4n) is 3.39. The quantitative estimate of drug-likeness (QED) is 0.847. The molecule has 1 aromatic heterocycles. The van der Waals surface area contributed by atoms with Crippen molar-refractivity contribution in [3.05, 3.63) is 35.6 Å². The summed E-state index contributed by atoms with van der Waals surface area (Å²) in [5, 5.41) is 13.1. The predicted molar refractivity (Wildman–Crippen MR) is 95.4 cm³/mol. The van der Waals surface area contributed by atoms with Crippen LogP contribution in [-0.2, 0) is 9.53 Å². The van der Waals surface area contributed by atoms with Crippen molar-refractivity contribution in [1.29, 1.82) is 5.26 Å². The number of benzene rings is 1. The van der Waals surface area contributed by atoms with Crippen molar-refractivity contribution in [1.82, 2.24) is 5.32 Å². The molecule has 1 N–H and O–H groups in total. The third kappa shape index (κ3) is 3.43. The Morgan fingerprint density at radius 1 is 1.27 bits per heavy atom. The first-order chi connectivity index (χ1) is 12.5. The van der Waals surface area contributed by atoms with Crippen LogP contribution < -0.4 is 5.32 Å². The summed E-state index contributed by atoms with van der Waals surface area (Å²) in [6, 6.07) is 9.54. The van der Waals surface area contributed by atoms with Gasteiger partial charge >= 0.3 is 5.97 Å². The normalized spacial score (nSPS) is 17.3. The molecule has 0 spiro atoms. The number of nitrogens with one attached hydrogen (secondary N) is 1. The van der Waals surface area contributed by atoms with E-state index < -0.39 is 23.5 Å². The van der Waals surface area contributed by atoms with Gasteiger partial charge in [0.05, 0.1) is 6.07 Å². The molecule has 1 fully saturated rings. The number of carbonyl (C=O) groups is 2. The summed E-state index contributed by atoms with van der Waals surface area (Å²) in [5.41, 5.74) is 0.421. The van der Waals surface area contributed by atoms with E-state index in [1.54, 1.807) is 13.0 Å². The molecule has 0 aliphatic heterocycles. The Labute approximate surface area is 152 Å². The van der Waals surface area contributed by atoms with Crippen molar-refractivity contribution in [2.75, 3.05) is 0 Å². The van der Waals surface area contributed by atoms with Gasteiger partial charge in [-0.3, -0.25) is 4.79 Å². The summed E-state index contributed by atoms with van der Waals surface area (Å²) in [6.45, 7) is 3.28. The molecule has 1 aliphatic carbocycles. The van der Waals surface area contributed by atoms with E-state index in [1.165, 1.54) is 6.92 Å². The first-order valence-corrected chi connectivity index (χ1v) is 8.88. The number of esters is 1. The molecular weight excluding hydrogens is 332 g/mol. The van der Waals surface area contributed by atoms with Crippen LogP contribution in [0.15, 0.2) is 28.7 Å². The van der Waals surface area contributed by atoms with Crippen molar-refractivity contribution in [3.63, 3.8) is 0 Å². The van der Waals surface area contributed by atoms with Gasteiger partial charge in [-0.1, -0.05) is 37.5 Å². The fourth-order valence-corrected chi connectivity index (χ4v) is 3.39. The number of nitrogens with zero attached hydrogens (tertiary/aromatic N) is 1. The molecule has 26 heavy (non-hydrogen) atoms. The Balaban J connectivity index is 1.69. The van der Waals surface area contributed by atoms with Gasteiger partial charge < -0.3 is 14.5 Å². The molecule has 1 aromatic carbocycles. The van der Waals surface area contributed by atoms with E-state index in [0.29, 0.717) is 24.0 Å². The Morgan fingerprint density at radius 2 is 1.96 bits per heavy atom. The van der Waals surface area contributed by atoms with Crippen LogP contribution in [0.3, 0.4) is 0 Å². The standard InChI is InChI=1S/C20H22N2O4/c1-13-15-8-4-5-9-16(15)26-17(13)19(24)25-14(2)18(23)22-20(12-21)10-6-3-7-11-20/h4-5,8-9,14H,3,6-7,10-11H2,1-2H3,(H,22,23). The van der Waals surface area contributed by atoms with Crippen molar-refractivity contribution in [2.24, 2.45) is 0 Å². The van der Waals surface area contributed by atoms with Crippen LogP contribution in [0.4, 0.5) is 0 Å². The topological polar surface area (TPSA) is 92.3 Å². The molecule has 6 nitrogen and oxygen atoms in total. The van der Waals surface area contributed by atoms with E-state index in [0.717, 1.165) is 24.6 Å². The highest BCUT2D eigenvalue weighted by atomic mass is 16.6. The highest BCUT2D eigenvalue weighted by Crippen LogP contribution is 2.28. The van der Waals surface area contributed by atoms with Gasteiger partial charge in [0.15, 0.2) is 6.10 Å².